The third-order valence-electron chi connectivity index (χ3n) is 4.24. The number of carbonyl (C=O) groups excluding carboxylic acids is 3. The van der Waals surface area contributed by atoms with E-state index in [1.165, 1.54) is 11.8 Å². The van der Waals surface area contributed by atoms with E-state index in [1.54, 1.807) is 30.3 Å². The number of thioether (sulfide) groups is 1. The summed E-state index contributed by atoms with van der Waals surface area (Å²) in [7, 11) is 0. The fraction of sp³-hybridized carbons (Fsp3) is 0.250. The van der Waals surface area contributed by atoms with Crippen LogP contribution in [0.5, 0.6) is 0 Å². The van der Waals surface area contributed by atoms with E-state index in [2.05, 4.69) is 16.0 Å². The van der Waals surface area contributed by atoms with Gasteiger partial charge in [-0.1, -0.05) is 17.7 Å². The Morgan fingerprint density at radius 3 is 2.75 bits per heavy atom. The molecular formula is C20H20ClN3O3S. The SMILES string of the molecule is CCNC(=O)c1ccc(C)c(NC(=O)CC2Sc3ccc(Cl)cc3NC2=O)c1. The lowest BCUT2D eigenvalue weighted by molar-refractivity contribution is -0.120. The molecule has 1 unspecified atom stereocenters. The molecule has 0 aromatic heterocycles. The fourth-order valence-electron chi connectivity index (χ4n) is 2.79. The number of carbonyl (C=O) groups is 3. The monoisotopic (exact) mass is 417 g/mol. The number of benzene rings is 2. The molecule has 1 atom stereocenters. The van der Waals surface area contributed by atoms with Gasteiger partial charge in [0.25, 0.3) is 5.91 Å². The van der Waals surface area contributed by atoms with E-state index in [-0.39, 0.29) is 24.1 Å². The van der Waals surface area contributed by atoms with Crippen molar-refractivity contribution in [1.82, 2.24) is 5.32 Å². The Hall–Kier alpha value is -2.51. The van der Waals surface area contributed by atoms with E-state index in [0.717, 1.165) is 10.5 Å². The molecule has 0 spiro atoms. The fourth-order valence-corrected chi connectivity index (χ4v) is 4.05. The van der Waals surface area contributed by atoms with Crippen molar-refractivity contribution in [2.75, 3.05) is 17.2 Å². The summed E-state index contributed by atoms with van der Waals surface area (Å²) in [4.78, 5) is 37.7. The van der Waals surface area contributed by atoms with E-state index in [0.29, 0.717) is 28.5 Å². The van der Waals surface area contributed by atoms with Crippen LogP contribution in [-0.4, -0.2) is 29.5 Å². The number of rotatable bonds is 5. The van der Waals surface area contributed by atoms with E-state index in [1.807, 2.05) is 19.9 Å². The van der Waals surface area contributed by atoms with Crippen molar-refractivity contribution in [1.29, 1.82) is 0 Å². The van der Waals surface area contributed by atoms with Crippen LogP contribution in [0, 0.1) is 6.92 Å². The Bertz CT molecular complexity index is 948. The van der Waals surface area contributed by atoms with Gasteiger partial charge < -0.3 is 16.0 Å². The topological polar surface area (TPSA) is 87.3 Å². The van der Waals surface area contributed by atoms with Crippen molar-refractivity contribution < 1.29 is 14.4 Å². The number of amides is 3. The van der Waals surface area contributed by atoms with E-state index in [9.17, 15) is 14.4 Å². The minimum Gasteiger partial charge on any atom is -0.352 e. The highest BCUT2D eigenvalue weighted by molar-refractivity contribution is 8.01. The molecule has 3 N–H and O–H groups in total. The minimum atomic E-state index is -0.541. The maximum absolute atomic E-state index is 12.5. The van der Waals surface area contributed by atoms with Gasteiger partial charge in [-0.05, 0) is 49.7 Å². The van der Waals surface area contributed by atoms with Crippen molar-refractivity contribution in [2.24, 2.45) is 0 Å². The molecule has 1 aliphatic heterocycles. The average Bonchev–Trinajstić information content (AvgIpc) is 2.64. The maximum atomic E-state index is 12.5. The molecule has 0 aliphatic carbocycles. The summed E-state index contributed by atoms with van der Waals surface area (Å²) >= 11 is 7.29. The van der Waals surface area contributed by atoms with Gasteiger partial charge in [0.2, 0.25) is 11.8 Å². The van der Waals surface area contributed by atoms with Crippen LogP contribution in [0.15, 0.2) is 41.3 Å². The van der Waals surface area contributed by atoms with Crippen molar-refractivity contribution in [3.05, 3.63) is 52.5 Å². The molecule has 0 fully saturated rings. The molecule has 8 heteroatoms. The molecule has 0 saturated heterocycles. The second kappa shape index (κ2) is 8.67. The van der Waals surface area contributed by atoms with Crippen LogP contribution in [0.25, 0.3) is 0 Å². The van der Waals surface area contributed by atoms with Crippen LogP contribution in [0.1, 0.15) is 29.3 Å². The van der Waals surface area contributed by atoms with Crippen LogP contribution in [0.4, 0.5) is 11.4 Å². The quantitative estimate of drug-likeness (QED) is 0.689. The number of aryl methyl sites for hydroxylation is 1. The van der Waals surface area contributed by atoms with E-state index < -0.39 is 5.25 Å². The summed E-state index contributed by atoms with van der Waals surface area (Å²) in [5.41, 5.74) is 2.52. The lowest BCUT2D eigenvalue weighted by atomic mass is 10.1. The molecule has 0 saturated carbocycles. The predicted molar refractivity (Wildman–Crippen MR) is 112 cm³/mol. The Morgan fingerprint density at radius 1 is 1.21 bits per heavy atom. The summed E-state index contributed by atoms with van der Waals surface area (Å²) in [6.45, 7) is 4.21. The summed E-state index contributed by atoms with van der Waals surface area (Å²) in [5, 5.41) is 8.34. The second-order valence-corrected chi connectivity index (χ2v) is 8.06. The van der Waals surface area contributed by atoms with Crippen LogP contribution in [0.3, 0.4) is 0 Å². The molecular weight excluding hydrogens is 398 g/mol. The molecule has 2 aromatic carbocycles. The van der Waals surface area contributed by atoms with Crippen LogP contribution >= 0.6 is 23.4 Å². The molecule has 0 bridgehead atoms. The molecule has 6 nitrogen and oxygen atoms in total. The minimum absolute atomic E-state index is 0.0173. The Kier molecular flexibility index (Phi) is 6.26. The number of hydrogen-bond donors (Lipinski definition) is 3. The van der Waals surface area contributed by atoms with Crippen molar-refractivity contribution in [3.63, 3.8) is 0 Å². The first-order valence-electron chi connectivity index (χ1n) is 8.83. The van der Waals surface area contributed by atoms with Crippen molar-refractivity contribution >= 4 is 52.5 Å². The van der Waals surface area contributed by atoms with Gasteiger partial charge >= 0.3 is 0 Å². The first kappa shape index (κ1) is 20.2. The number of halogens is 1. The first-order valence-corrected chi connectivity index (χ1v) is 10.1. The van der Waals surface area contributed by atoms with Gasteiger partial charge in [-0.3, -0.25) is 14.4 Å². The second-order valence-electron chi connectivity index (χ2n) is 6.38. The number of fused-ring (bicyclic) bond motifs is 1. The zero-order valence-corrected chi connectivity index (χ0v) is 17.0. The highest BCUT2D eigenvalue weighted by Gasteiger charge is 2.29. The van der Waals surface area contributed by atoms with Gasteiger partial charge in [0.05, 0.1) is 10.9 Å². The summed E-state index contributed by atoms with van der Waals surface area (Å²) in [5.74, 6) is -0.723. The lowest BCUT2D eigenvalue weighted by Crippen LogP contribution is -2.32. The summed E-state index contributed by atoms with van der Waals surface area (Å²) in [6, 6.07) is 10.4. The highest BCUT2D eigenvalue weighted by Crippen LogP contribution is 2.38. The molecule has 1 heterocycles. The standard InChI is InChI=1S/C20H20ClN3O3S/c1-3-22-19(26)12-5-4-11(2)14(8-12)23-18(25)10-17-20(27)24-15-9-13(21)6-7-16(15)28-17/h4-9,17H,3,10H2,1-2H3,(H,22,26)(H,23,25)(H,24,27). The van der Waals surface area contributed by atoms with Gasteiger partial charge in [0.15, 0.2) is 0 Å². The Morgan fingerprint density at radius 2 is 2.00 bits per heavy atom. The number of anilines is 2. The zero-order valence-electron chi connectivity index (χ0n) is 15.5. The largest absolute Gasteiger partial charge is 0.352 e. The Labute approximate surface area is 172 Å². The summed E-state index contributed by atoms with van der Waals surface area (Å²) in [6.07, 6.45) is 0.0173. The number of nitrogens with one attached hydrogen (secondary N) is 3. The smallest absolute Gasteiger partial charge is 0.251 e. The maximum Gasteiger partial charge on any atom is 0.251 e. The van der Waals surface area contributed by atoms with Crippen LogP contribution < -0.4 is 16.0 Å². The Balaban J connectivity index is 1.69. The van der Waals surface area contributed by atoms with Gasteiger partial charge in [-0.25, -0.2) is 0 Å². The van der Waals surface area contributed by atoms with Crippen LogP contribution in [0.2, 0.25) is 5.02 Å². The van der Waals surface area contributed by atoms with E-state index in [4.69, 9.17) is 11.6 Å². The molecule has 146 valence electrons. The molecule has 3 amide bonds. The highest BCUT2D eigenvalue weighted by atomic mass is 35.5. The first-order chi connectivity index (χ1) is 13.4. The molecule has 0 radical (unpaired) electrons. The normalized spacial score (nSPS) is 15.4. The third kappa shape index (κ3) is 4.66. The van der Waals surface area contributed by atoms with Crippen molar-refractivity contribution in [3.8, 4) is 0 Å². The average molecular weight is 418 g/mol. The number of hydrogen-bond acceptors (Lipinski definition) is 4. The van der Waals surface area contributed by atoms with Gasteiger partial charge in [-0.15, -0.1) is 11.8 Å². The van der Waals surface area contributed by atoms with Gasteiger partial charge in [-0.2, -0.15) is 0 Å². The molecule has 3 rings (SSSR count). The lowest BCUT2D eigenvalue weighted by Gasteiger charge is -2.24. The molecule has 2 aromatic rings. The molecule has 1 aliphatic rings. The van der Waals surface area contributed by atoms with Crippen molar-refractivity contribution in [2.45, 2.75) is 30.4 Å². The van der Waals surface area contributed by atoms with Gasteiger partial charge in [0, 0.05) is 34.1 Å². The summed E-state index contributed by atoms with van der Waals surface area (Å²) < 4.78 is 0. The van der Waals surface area contributed by atoms with Gasteiger partial charge in [0.1, 0.15) is 0 Å². The van der Waals surface area contributed by atoms with E-state index >= 15 is 0 Å². The zero-order chi connectivity index (χ0) is 20.3. The van der Waals surface area contributed by atoms with Crippen LogP contribution in [-0.2, 0) is 9.59 Å². The third-order valence-corrected chi connectivity index (χ3v) is 5.75. The molecule has 28 heavy (non-hydrogen) atoms. The predicted octanol–water partition coefficient (Wildman–Crippen LogP) is 3.84.